The van der Waals surface area contributed by atoms with Crippen LogP contribution in [-0.2, 0) is 25.8 Å². The summed E-state index contributed by atoms with van der Waals surface area (Å²) < 4.78 is 30.5. The van der Waals surface area contributed by atoms with Crippen LogP contribution in [0.2, 0.25) is 0 Å². The first-order valence-electron chi connectivity index (χ1n) is 7.57. The molecule has 1 atom stereocenters. The maximum Gasteiger partial charge on any atom is 0.306 e. The summed E-state index contributed by atoms with van der Waals surface area (Å²) in [6, 6.07) is 7.01. The highest BCUT2D eigenvalue weighted by Crippen LogP contribution is 2.56. The van der Waals surface area contributed by atoms with E-state index in [0.29, 0.717) is 11.3 Å². The summed E-state index contributed by atoms with van der Waals surface area (Å²) in [6.07, 6.45) is 5.06. The number of carbonyl (C=O) groups is 1. The second kappa shape index (κ2) is 5.54. The third-order valence-electron chi connectivity index (χ3n) is 4.61. The van der Waals surface area contributed by atoms with Gasteiger partial charge < -0.3 is 4.74 Å². The first-order chi connectivity index (χ1) is 10.5. The van der Waals surface area contributed by atoms with Gasteiger partial charge in [0.05, 0.1) is 17.1 Å². The molecule has 2 aliphatic rings. The standard InChI is InChI=1S/C17H20O4S/c1-2-3-5-13-6-4-7-14(10-13)22(19,20)12-15-17(8-9-17)11-16(18)21-15/h2,4,6-7,10,15H,1,3,5,8-9,11-12H2. The number of esters is 1. The third kappa shape index (κ3) is 2.95. The fourth-order valence-electron chi connectivity index (χ4n) is 3.06. The van der Waals surface area contributed by atoms with Crippen LogP contribution in [-0.4, -0.2) is 26.2 Å². The SMILES string of the molecule is C=CCCc1cccc(S(=O)(=O)CC2OC(=O)CC23CC3)c1. The molecule has 3 rings (SSSR count). The molecule has 22 heavy (non-hydrogen) atoms. The monoisotopic (exact) mass is 320 g/mol. The molecule has 4 nitrogen and oxygen atoms in total. The lowest BCUT2D eigenvalue weighted by molar-refractivity contribution is -0.140. The highest BCUT2D eigenvalue weighted by atomic mass is 32.2. The van der Waals surface area contributed by atoms with Gasteiger partial charge in [-0.3, -0.25) is 4.79 Å². The summed E-state index contributed by atoms with van der Waals surface area (Å²) >= 11 is 0. The maximum atomic E-state index is 12.6. The Balaban J connectivity index is 1.78. The number of allylic oxidation sites excluding steroid dienone is 1. The summed E-state index contributed by atoms with van der Waals surface area (Å²) in [6.45, 7) is 3.68. The highest BCUT2D eigenvalue weighted by molar-refractivity contribution is 7.91. The summed E-state index contributed by atoms with van der Waals surface area (Å²) in [5.74, 6) is -0.374. The zero-order chi connectivity index (χ0) is 15.8. The van der Waals surface area contributed by atoms with Crippen LogP contribution < -0.4 is 0 Å². The van der Waals surface area contributed by atoms with E-state index >= 15 is 0 Å². The number of ether oxygens (including phenoxy) is 1. The van der Waals surface area contributed by atoms with E-state index in [2.05, 4.69) is 6.58 Å². The molecule has 1 saturated heterocycles. The average molecular weight is 320 g/mol. The van der Waals surface area contributed by atoms with Crippen LogP contribution in [0.5, 0.6) is 0 Å². The molecule has 2 fully saturated rings. The number of hydrogen-bond acceptors (Lipinski definition) is 4. The Morgan fingerprint density at radius 1 is 1.36 bits per heavy atom. The quantitative estimate of drug-likeness (QED) is 0.597. The molecule has 0 amide bonds. The molecular formula is C17H20O4S. The van der Waals surface area contributed by atoms with Crippen molar-refractivity contribution < 1.29 is 17.9 Å². The third-order valence-corrected chi connectivity index (χ3v) is 6.32. The zero-order valence-corrected chi connectivity index (χ0v) is 13.3. The molecule has 1 aliphatic carbocycles. The minimum Gasteiger partial charge on any atom is -0.461 e. The van der Waals surface area contributed by atoms with Gasteiger partial charge in [-0.25, -0.2) is 8.42 Å². The predicted octanol–water partition coefficient (Wildman–Crippen LogP) is 2.67. The molecule has 0 bridgehead atoms. The Hall–Kier alpha value is -1.62. The normalized spacial score (nSPS) is 22.5. The summed E-state index contributed by atoms with van der Waals surface area (Å²) in [5.41, 5.74) is 0.774. The molecule has 5 heteroatoms. The van der Waals surface area contributed by atoms with Crippen molar-refractivity contribution in [2.75, 3.05) is 5.75 Å². The van der Waals surface area contributed by atoms with Crippen molar-refractivity contribution in [1.29, 1.82) is 0 Å². The van der Waals surface area contributed by atoms with Gasteiger partial charge in [0.15, 0.2) is 9.84 Å². The van der Waals surface area contributed by atoms with Crippen molar-refractivity contribution in [3.05, 3.63) is 42.5 Å². The zero-order valence-electron chi connectivity index (χ0n) is 12.5. The van der Waals surface area contributed by atoms with Gasteiger partial charge in [-0.05, 0) is 43.4 Å². The fourth-order valence-corrected chi connectivity index (χ4v) is 4.68. The minimum absolute atomic E-state index is 0.107. The Bertz CT molecular complexity index is 701. The molecule has 118 valence electrons. The van der Waals surface area contributed by atoms with Crippen LogP contribution in [0.1, 0.15) is 31.2 Å². The van der Waals surface area contributed by atoms with E-state index in [-0.39, 0.29) is 17.1 Å². The van der Waals surface area contributed by atoms with Gasteiger partial charge in [0, 0.05) is 5.41 Å². The fraction of sp³-hybridized carbons (Fsp3) is 0.471. The number of carbonyl (C=O) groups excluding carboxylic acids is 1. The molecule has 0 aromatic heterocycles. The molecule has 0 N–H and O–H groups in total. The summed E-state index contributed by atoms with van der Waals surface area (Å²) in [4.78, 5) is 11.8. The van der Waals surface area contributed by atoms with Gasteiger partial charge in [0.2, 0.25) is 0 Å². The van der Waals surface area contributed by atoms with Crippen molar-refractivity contribution >= 4 is 15.8 Å². The number of cyclic esters (lactones) is 1. The Kier molecular flexibility index (Phi) is 3.85. The lowest BCUT2D eigenvalue weighted by Gasteiger charge is -2.16. The van der Waals surface area contributed by atoms with Crippen LogP contribution in [0, 0.1) is 5.41 Å². The first-order valence-corrected chi connectivity index (χ1v) is 9.22. The lowest BCUT2D eigenvalue weighted by Crippen LogP contribution is -2.27. The minimum atomic E-state index is -3.45. The van der Waals surface area contributed by atoms with Crippen LogP contribution in [0.3, 0.4) is 0 Å². The molecular weight excluding hydrogens is 300 g/mol. The maximum absolute atomic E-state index is 12.6. The van der Waals surface area contributed by atoms with Crippen molar-refractivity contribution in [3.8, 4) is 0 Å². The topological polar surface area (TPSA) is 60.4 Å². The van der Waals surface area contributed by atoms with E-state index in [1.54, 1.807) is 18.2 Å². The van der Waals surface area contributed by atoms with Crippen LogP contribution in [0.4, 0.5) is 0 Å². The number of benzene rings is 1. The van der Waals surface area contributed by atoms with Gasteiger partial charge in [-0.1, -0.05) is 18.2 Å². The van der Waals surface area contributed by atoms with E-state index < -0.39 is 15.9 Å². The van der Waals surface area contributed by atoms with Gasteiger partial charge in [-0.2, -0.15) is 0 Å². The second-order valence-electron chi connectivity index (χ2n) is 6.27. The van der Waals surface area contributed by atoms with E-state index in [1.165, 1.54) is 0 Å². The predicted molar refractivity (Wildman–Crippen MR) is 83.2 cm³/mol. The number of rotatable bonds is 6. The first kappa shape index (κ1) is 15.3. The Labute approximate surface area is 131 Å². The van der Waals surface area contributed by atoms with Crippen molar-refractivity contribution in [3.63, 3.8) is 0 Å². The molecule has 1 aromatic rings. The van der Waals surface area contributed by atoms with E-state index in [0.717, 1.165) is 31.2 Å². The van der Waals surface area contributed by atoms with Gasteiger partial charge in [0.1, 0.15) is 6.10 Å². The summed E-state index contributed by atoms with van der Waals surface area (Å²) in [7, 11) is -3.45. The van der Waals surface area contributed by atoms with E-state index in [9.17, 15) is 13.2 Å². The Morgan fingerprint density at radius 3 is 2.82 bits per heavy atom. The Morgan fingerprint density at radius 2 is 2.14 bits per heavy atom. The van der Waals surface area contributed by atoms with Crippen molar-refractivity contribution in [2.24, 2.45) is 5.41 Å². The smallest absolute Gasteiger partial charge is 0.306 e. The molecule has 1 heterocycles. The molecule has 1 unspecified atom stereocenters. The van der Waals surface area contributed by atoms with Crippen molar-refractivity contribution in [1.82, 2.24) is 0 Å². The van der Waals surface area contributed by atoms with Gasteiger partial charge in [0.25, 0.3) is 0 Å². The number of hydrogen-bond donors (Lipinski definition) is 0. The van der Waals surface area contributed by atoms with Crippen LogP contribution in [0.15, 0.2) is 41.8 Å². The van der Waals surface area contributed by atoms with Crippen molar-refractivity contribution in [2.45, 2.75) is 43.1 Å². The lowest BCUT2D eigenvalue weighted by atomic mass is 10.00. The largest absolute Gasteiger partial charge is 0.461 e. The van der Waals surface area contributed by atoms with E-state index in [1.807, 2.05) is 12.1 Å². The number of sulfone groups is 1. The molecule has 1 saturated carbocycles. The second-order valence-corrected chi connectivity index (χ2v) is 8.31. The molecule has 1 aromatic carbocycles. The molecule has 0 radical (unpaired) electrons. The van der Waals surface area contributed by atoms with E-state index in [4.69, 9.17) is 4.74 Å². The molecule has 1 spiro atoms. The van der Waals surface area contributed by atoms with Crippen LogP contribution >= 0.6 is 0 Å². The summed E-state index contributed by atoms with van der Waals surface area (Å²) in [5, 5.41) is 0. The average Bonchev–Trinajstić information content (AvgIpc) is 3.18. The van der Waals surface area contributed by atoms with Crippen LogP contribution in [0.25, 0.3) is 0 Å². The highest BCUT2D eigenvalue weighted by Gasteiger charge is 2.58. The van der Waals surface area contributed by atoms with Gasteiger partial charge >= 0.3 is 5.97 Å². The molecule has 1 aliphatic heterocycles. The van der Waals surface area contributed by atoms with Gasteiger partial charge in [-0.15, -0.1) is 6.58 Å². The number of aryl methyl sites for hydroxylation is 1.